The van der Waals surface area contributed by atoms with Gasteiger partial charge in [0.25, 0.3) is 0 Å². The molecule has 1 heterocycles. The zero-order valence-corrected chi connectivity index (χ0v) is 9.05. The van der Waals surface area contributed by atoms with Crippen LogP contribution < -0.4 is 29.6 Å². The summed E-state index contributed by atoms with van der Waals surface area (Å²) in [6, 6.07) is 0. The monoisotopic (exact) mass is 184 g/mol. The fourth-order valence-corrected chi connectivity index (χ4v) is 1.08. The van der Waals surface area contributed by atoms with Crippen molar-refractivity contribution in [2.45, 2.75) is 18.9 Å². The average molecular weight is 184 g/mol. The first-order valence-electron chi connectivity index (χ1n) is 3.49. The van der Waals surface area contributed by atoms with E-state index in [1.807, 2.05) is 0 Å². The summed E-state index contributed by atoms with van der Waals surface area (Å²) in [6.45, 7) is 0.878. The average Bonchev–Trinajstić information content (AvgIpc) is 2.05. The van der Waals surface area contributed by atoms with Gasteiger partial charge in [-0.3, -0.25) is 0 Å². The predicted octanol–water partition coefficient (Wildman–Crippen LogP) is -3.29. The number of piperidine rings is 1. The fraction of sp³-hybridized carbons (Fsp3) is 1.00. The van der Waals surface area contributed by atoms with Crippen molar-refractivity contribution in [3.63, 3.8) is 0 Å². The molecule has 64 valence electrons. The van der Waals surface area contributed by atoms with Crippen molar-refractivity contribution in [2.24, 2.45) is 5.28 Å². The maximum Gasteiger partial charge on any atom is 1.00 e. The van der Waals surface area contributed by atoms with Crippen LogP contribution in [0.5, 0.6) is 0 Å². The van der Waals surface area contributed by atoms with Crippen molar-refractivity contribution in [3.05, 3.63) is 5.21 Å². The molecule has 0 saturated carbocycles. The van der Waals surface area contributed by atoms with Crippen LogP contribution in [0.1, 0.15) is 12.8 Å². The molecule has 0 bridgehead atoms. The molecule has 0 aromatic rings. The number of nitrogens with zero attached hydrogens (tertiary/aromatic N) is 3. The van der Waals surface area contributed by atoms with E-state index in [9.17, 15) is 5.21 Å². The van der Waals surface area contributed by atoms with E-state index >= 15 is 0 Å². The second-order valence-corrected chi connectivity index (χ2v) is 2.53. The molecule has 0 atom stereocenters. The molecule has 0 radical (unpaired) electrons. The molecule has 0 aromatic heterocycles. The minimum atomic E-state index is -0.321. The van der Waals surface area contributed by atoms with Crippen LogP contribution in [0.3, 0.4) is 0 Å². The van der Waals surface area contributed by atoms with E-state index in [-0.39, 0.29) is 40.6 Å². The Hall–Kier alpha value is -0.0400. The molecule has 6 nitrogen and oxygen atoms in total. The molecule has 1 aliphatic rings. The fourth-order valence-electron chi connectivity index (χ4n) is 1.08. The molecular weight excluding hydrogens is 173 g/mol. The van der Waals surface area contributed by atoms with Crippen molar-refractivity contribution in [2.75, 3.05) is 13.1 Å². The number of hydrazine groups is 1. The van der Waals surface area contributed by atoms with E-state index < -0.39 is 0 Å². The topological polar surface area (TPSA) is 82.1 Å². The Morgan fingerprint density at radius 1 is 1.42 bits per heavy atom. The summed E-state index contributed by atoms with van der Waals surface area (Å²) in [4.78, 5) is 0.145. The maximum absolute atomic E-state index is 10.6. The predicted molar refractivity (Wildman–Crippen MR) is 34.7 cm³/mol. The third kappa shape index (κ3) is 3.14. The Labute approximate surface area is 92.3 Å². The summed E-state index contributed by atoms with van der Waals surface area (Å²) in [5, 5.41) is 31.5. The molecule has 7 heteroatoms. The van der Waals surface area contributed by atoms with Crippen molar-refractivity contribution < 1.29 is 44.8 Å². The van der Waals surface area contributed by atoms with E-state index in [1.165, 1.54) is 5.01 Å². The number of aliphatic hydroxyl groups is 1. The van der Waals surface area contributed by atoms with Gasteiger partial charge < -0.3 is 15.5 Å². The van der Waals surface area contributed by atoms with E-state index in [4.69, 9.17) is 10.3 Å². The molecular formula is C5H11N3NaO3+. The Kier molecular flexibility index (Phi) is 5.56. The van der Waals surface area contributed by atoms with E-state index in [0.717, 1.165) is 0 Å². The molecule has 0 unspecified atom stereocenters. The van der Waals surface area contributed by atoms with Crippen LogP contribution in [0.2, 0.25) is 0 Å². The zero-order chi connectivity index (χ0) is 8.27. The van der Waals surface area contributed by atoms with Crippen LogP contribution in [0.4, 0.5) is 0 Å². The summed E-state index contributed by atoms with van der Waals surface area (Å²) in [6.07, 6.45) is 0.779. The first kappa shape index (κ1) is 12.0. The quantitative estimate of drug-likeness (QED) is 0.194. The van der Waals surface area contributed by atoms with E-state index in [2.05, 4.69) is 5.28 Å². The van der Waals surface area contributed by atoms with Gasteiger partial charge >= 0.3 is 29.6 Å². The molecule has 2 N–H and O–H groups in total. The number of hydrogen-bond donors (Lipinski definition) is 2. The second kappa shape index (κ2) is 5.58. The summed E-state index contributed by atoms with van der Waals surface area (Å²) in [5.41, 5.74) is 0. The van der Waals surface area contributed by atoms with E-state index in [0.29, 0.717) is 25.9 Å². The summed E-state index contributed by atoms with van der Waals surface area (Å²) in [5.74, 6) is 0. The molecule has 0 aromatic carbocycles. The van der Waals surface area contributed by atoms with Gasteiger partial charge in [0.2, 0.25) is 5.28 Å². The van der Waals surface area contributed by atoms with Gasteiger partial charge in [0.05, 0.1) is 24.2 Å². The van der Waals surface area contributed by atoms with Crippen molar-refractivity contribution >= 4 is 0 Å². The van der Waals surface area contributed by atoms with Crippen LogP contribution in [0.25, 0.3) is 0 Å². The smallest absolute Gasteiger partial charge is 0.569 e. The third-order valence-electron chi connectivity index (χ3n) is 1.76. The zero-order valence-electron chi connectivity index (χ0n) is 7.05. The maximum atomic E-state index is 10.6. The molecule has 0 spiro atoms. The van der Waals surface area contributed by atoms with Crippen LogP contribution in [0.15, 0.2) is 5.28 Å². The summed E-state index contributed by atoms with van der Waals surface area (Å²) < 4.78 is 0. The van der Waals surface area contributed by atoms with Gasteiger partial charge in [-0.05, 0) is 12.8 Å². The van der Waals surface area contributed by atoms with E-state index in [1.54, 1.807) is 0 Å². The number of rotatable bonds is 1. The molecule has 12 heavy (non-hydrogen) atoms. The molecule has 1 saturated heterocycles. The van der Waals surface area contributed by atoms with Gasteiger partial charge in [0.1, 0.15) is 0 Å². The van der Waals surface area contributed by atoms with Gasteiger partial charge in [0.15, 0.2) is 0 Å². The standard InChI is InChI=1S/C5H11N3O3.Na/c9-5-1-3-7(4-2-5)8(11)6-10;/h5,9-10H,1-4H2;/q;+1. The normalized spacial score (nSPS) is 20.4. The van der Waals surface area contributed by atoms with Crippen LogP contribution in [-0.4, -0.2) is 39.5 Å². The van der Waals surface area contributed by atoms with Crippen molar-refractivity contribution in [3.8, 4) is 0 Å². The van der Waals surface area contributed by atoms with Crippen molar-refractivity contribution in [1.29, 1.82) is 0 Å². The minimum Gasteiger partial charge on any atom is -0.569 e. The van der Waals surface area contributed by atoms with Gasteiger partial charge in [-0.25, -0.2) is 0 Å². The number of aliphatic hydroxyl groups excluding tert-OH is 1. The Morgan fingerprint density at radius 2 is 1.92 bits per heavy atom. The van der Waals surface area contributed by atoms with Crippen LogP contribution in [-0.2, 0) is 0 Å². The Morgan fingerprint density at radius 3 is 2.33 bits per heavy atom. The minimum absolute atomic E-state index is 0. The molecule has 1 rings (SSSR count). The SMILES string of the molecule is [Na+].[O-][N+](=NO)N1CCC(O)CC1. The van der Waals surface area contributed by atoms with Crippen LogP contribution in [0, 0.1) is 5.21 Å². The first-order chi connectivity index (χ1) is 5.24. The van der Waals surface area contributed by atoms with Crippen molar-refractivity contribution in [1.82, 2.24) is 5.01 Å². The second-order valence-electron chi connectivity index (χ2n) is 2.53. The van der Waals surface area contributed by atoms with Crippen LogP contribution >= 0.6 is 0 Å². The third-order valence-corrected chi connectivity index (χ3v) is 1.76. The first-order valence-corrected chi connectivity index (χ1v) is 3.49. The number of hydrogen-bond acceptors (Lipinski definition) is 3. The Balaban J connectivity index is 0.00000121. The summed E-state index contributed by atoms with van der Waals surface area (Å²) in [7, 11) is 0. The molecule has 0 aliphatic carbocycles. The summed E-state index contributed by atoms with van der Waals surface area (Å²) >= 11 is 0. The van der Waals surface area contributed by atoms with Gasteiger partial charge in [0, 0.05) is 0 Å². The van der Waals surface area contributed by atoms with Gasteiger partial charge in [-0.1, -0.05) is 0 Å². The van der Waals surface area contributed by atoms with Gasteiger partial charge in [-0.15, -0.1) is 5.01 Å². The Bertz CT molecular complexity index is 158. The molecule has 0 amide bonds. The van der Waals surface area contributed by atoms with Gasteiger partial charge in [-0.2, -0.15) is 0 Å². The largest absolute Gasteiger partial charge is 1.00 e. The molecule has 1 fully saturated rings. The molecule has 1 aliphatic heterocycles.